The molecule has 0 saturated carbocycles. The molecular formula is C17H21ClN4O4. The summed E-state index contributed by atoms with van der Waals surface area (Å²) in [6, 6.07) is 3.32. The van der Waals surface area contributed by atoms with E-state index < -0.39 is 0 Å². The van der Waals surface area contributed by atoms with Gasteiger partial charge in [-0.2, -0.15) is 4.98 Å². The molecule has 1 amide bonds. The first-order valence-corrected chi connectivity index (χ1v) is 8.75. The molecule has 0 bridgehead atoms. The molecule has 1 unspecified atom stereocenters. The van der Waals surface area contributed by atoms with Gasteiger partial charge in [0.05, 0.1) is 25.3 Å². The summed E-state index contributed by atoms with van der Waals surface area (Å²) >= 11 is 6.21. The molecule has 1 aliphatic rings. The Hall–Kier alpha value is -2.32. The molecule has 1 aliphatic heterocycles. The Morgan fingerprint density at radius 2 is 2.27 bits per heavy atom. The fourth-order valence-corrected chi connectivity index (χ4v) is 3.13. The molecule has 1 atom stereocenters. The highest BCUT2D eigenvalue weighted by Crippen LogP contribution is 2.38. The minimum atomic E-state index is -0.0952. The molecule has 8 nitrogen and oxygen atoms in total. The van der Waals surface area contributed by atoms with E-state index in [1.54, 1.807) is 12.1 Å². The van der Waals surface area contributed by atoms with E-state index in [9.17, 15) is 4.79 Å². The van der Waals surface area contributed by atoms with Gasteiger partial charge in [-0.15, -0.1) is 0 Å². The van der Waals surface area contributed by atoms with Crippen LogP contribution in [0.1, 0.15) is 18.7 Å². The Bertz CT molecular complexity index is 774. The Morgan fingerprint density at radius 3 is 2.96 bits per heavy atom. The maximum atomic E-state index is 11.9. The van der Waals surface area contributed by atoms with Crippen LogP contribution in [0.25, 0.3) is 11.4 Å². The van der Waals surface area contributed by atoms with Gasteiger partial charge in [0.25, 0.3) is 0 Å². The largest absolute Gasteiger partial charge is 0.493 e. The van der Waals surface area contributed by atoms with Crippen LogP contribution in [0.15, 0.2) is 16.7 Å². The highest BCUT2D eigenvalue weighted by Gasteiger charge is 2.21. The maximum Gasteiger partial charge on any atom is 0.237 e. The monoisotopic (exact) mass is 380 g/mol. The summed E-state index contributed by atoms with van der Waals surface area (Å²) in [5, 5.41) is 10.4. The van der Waals surface area contributed by atoms with Gasteiger partial charge in [-0.05, 0) is 31.5 Å². The van der Waals surface area contributed by atoms with E-state index in [0.29, 0.717) is 46.8 Å². The third-order valence-corrected chi connectivity index (χ3v) is 4.46. The second-order valence-corrected chi connectivity index (χ2v) is 6.30. The first kappa shape index (κ1) is 18.5. The van der Waals surface area contributed by atoms with Crippen molar-refractivity contribution in [3.63, 3.8) is 0 Å². The molecular weight excluding hydrogens is 360 g/mol. The SMILES string of the molecule is COc1cc(-c2noc(CCNC(=O)C3CCCN3)n2)cc(Cl)c1OC. The number of carbonyl (C=O) groups excluding carboxylic acids is 1. The molecule has 1 saturated heterocycles. The van der Waals surface area contributed by atoms with Crippen molar-refractivity contribution in [1.29, 1.82) is 0 Å². The van der Waals surface area contributed by atoms with Gasteiger partial charge in [0.15, 0.2) is 11.5 Å². The number of halogens is 1. The van der Waals surface area contributed by atoms with Crippen LogP contribution in [-0.2, 0) is 11.2 Å². The predicted molar refractivity (Wildman–Crippen MR) is 95.6 cm³/mol. The fourth-order valence-electron chi connectivity index (χ4n) is 2.84. The molecule has 3 rings (SSSR count). The molecule has 1 aromatic carbocycles. The van der Waals surface area contributed by atoms with Gasteiger partial charge in [0, 0.05) is 18.5 Å². The molecule has 140 valence electrons. The van der Waals surface area contributed by atoms with Crippen LogP contribution in [0.5, 0.6) is 11.5 Å². The molecule has 2 aromatic rings. The van der Waals surface area contributed by atoms with E-state index in [1.165, 1.54) is 14.2 Å². The minimum Gasteiger partial charge on any atom is -0.493 e. The number of hydrogen-bond acceptors (Lipinski definition) is 7. The summed E-state index contributed by atoms with van der Waals surface area (Å²) < 4.78 is 15.7. The summed E-state index contributed by atoms with van der Waals surface area (Å²) in [6.45, 7) is 1.32. The average molecular weight is 381 g/mol. The van der Waals surface area contributed by atoms with Crippen molar-refractivity contribution in [1.82, 2.24) is 20.8 Å². The highest BCUT2D eigenvalue weighted by molar-refractivity contribution is 6.32. The third kappa shape index (κ3) is 4.08. The topological polar surface area (TPSA) is 98.5 Å². The maximum absolute atomic E-state index is 11.9. The smallest absolute Gasteiger partial charge is 0.237 e. The van der Waals surface area contributed by atoms with Crippen molar-refractivity contribution < 1.29 is 18.8 Å². The Labute approximate surface area is 156 Å². The molecule has 2 heterocycles. The lowest BCUT2D eigenvalue weighted by Crippen LogP contribution is -2.41. The van der Waals surface area contributed by atoms with E-state index in [0.717, 1.165) is 19.4 Å². The minimum absolute atomic E-state index is 0.00825. The van der Waals surface area contributed by atoms with E-state index in [2.05, 4.69) is 20.8 Å². The lowest BCUT2D eigenvalue weighted by Gasteiger charge is -2.10. The van der Waals surface area contributed by atoms with Crippen LogP contribution in [0.2, 0.25) is 5.02 Å². The van der Waals surface area contributed by atoms with E-state index in [4.69, 9.17) is 25.6 Å². The standard InChI is InChI=1S/C17H21ClN4O4/c1-24-13-9-10(8-11(18)15(13)25-2)16-21-14(26-22-16)5-7-20-17(23)12-4-3-6-19-12/h8-9,12,19H,3-7H2,1-2H3,(H,20,23). The van der Waals surface area contributed by atoms with Crippen molar-refractivity contribution in [3.05, 3.63) is 23.0 Å². The summed E-state index contributed by atoms with van der Waals surface area (Å²) in [4.78, 5) is 16.3. The lowest BCUT2D eigenvalue weighted by molar-refractivity contribution is -0.122. The third-order valence-electron chi connectivity index (χ3n) is 4.17. The Morgan fingerprint density at radius 1 is 1.42 bits per heavy atom. The summed E-state index contributed by atoms with van der Waals surface area (Å²) in [5.41, 5.74) is 0.654. The average Bonchev–Trinajstić information content (AvgIpc) is 3.33. The number of rotatable bonds is 7. The van der Waals surface area contributed by atoms with Crippen molar-refractivity contribution in [2.24, 2.45) is 0 Å². The van der Waals surface area contributed by atoms with E-state index in [-0.39, 0.29) is 11.9 Å². The van der Waals surface area contributed by atoms with Gasteiger partial charge in [-0.1, -0.05) is 16.8 Å². The molecule has 0 spiro atoms. The van der Waals surface area contributed by atoms with Gasteiger partial charge in [0.2, 0.25) is 17.6 Å². The molecule has 0 radical (unpaired) electrons. The van der Waals surface area contributed by atoms with Crippen LogP contribution in [0.4, 0.5) is 0 Å². The van der Waals surface area contributed by atoms with Crippen LogP contribution >= 0.6 is 11.6 Å². The van der Waals surface area contributed by atoms with Crippen LogP contribution in [-0.4, -0.2) is 49.4 Å². The van der Waals surface area contributed by atoms with Crippen LogP contribution in [0, 0.1) is 0 Å². The zero-order valence-electron chi connectivity index (χ0n) is 14.7. The van der Waals surface area contributed by atoms with E-state index in [1.807, 2.05) is 0 Å². The van der Waals surface area contributed by atoms with Crippen LogP contribution < -0.4 is 20.1 Å². The van der Waals surface area contributed by atoms with Crippen molar-refractivity contribution >= 4 is 17.5 Å². The number of nitrogens with zero attached hydrogens (tertiary/aromatic N) is 2. The number of benzene rings is 1. The first-order chi connectivity index (χ1) is 12.6. The number of amides is 1. The predicted octanol–water partition coefficient (Wildman–Crippen LogP) is 1.82. The Kier molecular flexibility index (Phi) is 5.95. The molecule has 1 aromatic heterocycles. The lowest BCUT2D eigenvalue weighted by atomic mass is 10.2. The Balaban J connectivity index is 1.62. The van der Waals surface area contributed by atoms with Crippen molar-refractivity contribution in [3.8, 4) is 22.9 Å². The molecule has 2 N–H and O–H groups in total. The zero-order chi connectivity index (χ0) is 18.5. The van der Waals surface area contributed by atoms with Crippen LogP contribution in [0.3, 0.4) is 0 Å². The normalized spacial score (nSPS) is 16.5. The van der Waals surface area contributed by atoms with Crippen molar-refractivity contribution in [2.75, 3.05) is 27.3 Å². The summed E-state index contributed by atoms with van der Waals surface area (Å²) in [6.07, 6.45) is 2.35. The highest BCUT2D eigenvalue weighted by atomic mass is 35.5. The number of methoxy groups -OCH3 is 2. The van der Waals surface area contributed by atoms with Gasteiger partial charge < -0.3 is 24.6 Å². The van der Waals surface area contributed by atoms with Gasteiger partial charge in [0.1, 0.15) is 0 Å². The molecule has 1 fully saturated rings. The zero-order valence-corrected chi connectivity index (χ0v) is 15.4. The van der Waals surface area contributed by atoms with Gasteiger partial charge in [-0.25, -0.2) is 0 Å². The quantitative estimate of drug-likeness (QED) is 0.755. The molecule has 26 heavy (non-hydrogen) atoms. The number of nitrogens with one attached hydrogen (secondary N) is 2. The second kappa shape index (κ2) is 8.37. The van der Waals surface area contributed by atoms with E-state index >= 15 is 0 Å². The number of aromatic nitrogens is 2. The van der Waals surface area contributed by atoms with Crippen molar-refractivity contribution in [2.45, 2.75) is 25.3 Å². The molecule has 0 aliphatic carbocycles. The fraction of sp³-hybridized carbons (Fsp3) is 0.471. The number of hydrogen-bond donors (Lipinski definition) is 2. The summed E-state index contributed by atoms with van der Waals surface area (Å²) in [7, 11) is 3.05. The molecule has 9 heteroatoms. The first-order valence-electron chi connectivity index (χ1n) is 8.38. The summed E-state index contributed by atoms with van der Waals surface area (Å²) in [5.74, 6) is 1.77. The second-order valence-electron chi connectivity index (χ2n) is 5.90. The van der Waals surface area contributed by atoms with Gasteiger partial charge in [-0.3, -0.25) is 4.79 Å². The number of ether oxygens (including phenoxy) is 2. The number of carbonyl (C=O) groups is 1. The van der Waals surface area contributed by atoms with Gasteiger partial charge >= 0.3 is 0 Å².